The Morgan fingerprint density at radius 3 is 2.43 bits per heavy atom. The SMILES string of the molecule is Cc1cc(C)c(C(=O)C(C)Sc2nnnn2CC(C)C)cc1C. The zero-order valence-corrected chi connectivity index (χ0v) is 15.4. The van der Waals surface area contributed by atoms with Gasteiger partial charge in [-0.1, -0.05) is 31.7 Å². The molecule has 2 rings (SSSR count). The lowest BCUT2D eigenvalue weighted by molar-refractivity contribution is 0.0993. The van der Waals surface area contributed by atoms with Crippen LogP contribution in [0.25, 0.3) is 0 Å². The Labute approximate surface area is 141 Å². The van der Waals surface area contributed by atoms with Crippen molar-refractivity contribution in [2.75, 3.05) is 0 Å². The van der Waals surface area contributed by atoms with E-state index in [4.69, 9.17) is 0 Å². The van der Waals surface area contributed by atoms with Crippen LogP contribution in [0.1, 0.15) is 47.8 Å². The number of tetrazole rings is 1. The molecule has 1 aromatic carbocycles. The normalized spacial score (nSPS) is 12.7. The molecule has 0 spiro atoms. The van der Waals surface area contributed by atoms with Crippen molar-refractivity contribution in [3.8, 4) is 0 Å². The van der Waals surface area contributed by atoms with E-state index >= 15 is 0 Å². The summed E-state index contributed by atoms with van der Waals surface area (Å²) in [5.41, 5.74) is 4.16. The molecule has 5 nitrogen and oxygen atoms in total. The number of benzene rings is 1. The van der Waals surface area contributed by atoms with E-state index in [9.17, 15) is 4.79 Å². The van der Waals surface area contributed by atoms with Crippen LogP contribution < -0.4 is 0 Å². The Balaban J connectivity index is 2.18. The average molecular weight is 332 g/mol. The summed E-state index contributed by atoms with van der Waals surface area (Å²) in [6, 6.07) is 4.06. The lowest BCUT2D eigenvalue weighted by atomic mass is 9.97. The van der Waals surface area contributed by atoms with Crippen molar-refractivity contribution in [3.05, 3.63) is 34.4 Å². The van der Waals surface area contributed by atoms with Crippen LogP contribution in [0.5, 0.6) is 0 Å². The highest BCUT2D eigenvalue weighted by atomic mass is 32.2. The minimum atomic E-state index is -0.229. The molecule has 1 heterocycles. The molecule has 0 aliphatic carbocycles. The zero-order chi connectivity index (χ0) is 17.1. The number of rotatable bonds is 6. The second-order valence-electron chi connectivity index (χ2n) is 6.41. The van der Waals surface area contributed by atoms with Crippen molar-refractivity contribution in [2.45, 2.75) is 58.5 Å². The van der Waals surface area contributed by atoms with Crippen LogP contribution in [-0.2, 0) is 6.54 Å². The standard InChI is InChI=1S/C17H24N4OS/c1-10(2)9-21-17(18-19-20-21)23-14(6)16(22)15-8-12(4)11(3)7-13(15)5/h7-8,10,14H,9H2,1-6H3. The molecule has 2 aromatic rings. The molecular weight excluding hydrogens is 308 g/mol. The van der Waals surface area contributed by atoms with Crippen molar-refractivity contribution >= 4 is 17.5 Å². The van der Waals surface area contributed by atoms with Crippen LogP contribution >= 0.6 is 11.8 Å². The summed E-state index contributed by atoms with van der Waals surface area (Å²) >= 11 is 1.42. The van der Waals surface area contributed by atoms with Gasteiger partial charge < -0.3 is 0 Å². The van der Waals surface area contributed by atoms with Crippen molar-refractivity contribution < 1.29 is 4.79 Å². The highest BCUT2D eigenvalue weighted by Crippen LogP contribution is 2.26. The zero-order valence-electron chi connectivity index (χ0n) is 14.6. The summed E-state index contributed by atoms with van der Waals surface area (Å²) in [5.74, 6) is 0.570. The van der Waals surface area contributed by atoms with Crippen LogP contribution in [0.15, 0.2) is 17.3 Å². The predicted molar refractivity (Wildman–Crippen MR) is 93.0 cm³/mol. The molecule has 1 unspecified atom stereocenters. The van der Waals surface area contributed by atoms with Crippen LogP contribution in [0, 0.1) is 26.7 Å². The summed E-state index contributed by atoms with van der Waals surface area (Å²) in [4.78, 5) is 12.8. The maximum absolute atomic E-state index is 12.8. The summed E-state index contributed by atoms with van der Waals surface area (Å²) in [6.07, 6.45) is 0. The fourth-order valence-corrected chi connectivity index (χ4v) is 3.26. The summed E-state index contributed by atoms with van der Waals surface area (Å²) in [6.45, 7) is 13.0. The summed E-state index contributed by atoms with van der Waals surface area (Å²) in [5, 5.41) is 12.3. The van der Waals surface area contributed by atoms with Crippen LogP contribution in [0.3, 0.4) is 0 Å². The van der Waals surface area contributed by atoms with Gasteiger partial charge >= 0.3 is 0 Å². The molecule has 0 aliphatic heterocycles. The van der Waals surface area contributed by atoms with Crippen molar-refractivity contribution in [3.63, 3.8) is 0 Å². The number of carbonyl (C=O) groups excluding carboxylic acids is 1. The Hall–Kier alpha value is -1.69. The first-order valence-corrected chi connectivity index (χ1v) is 8.72. The van der Waals surface area contributed by atoms with Gasteiger partial charge in [-0.25, -0.2) is 4.68 Å². The van der Waals surface area contributed by atoms with E-state index in [1.54, 1.807) is 4.68 Å². The molecule has 0 radical (unpaired) electrons. The molecular formula is C17H24N4OS. The fourth-order valence-electron chi connectivity index (χ4n) is 2.40. The number of aryl methyl sites for hydroxylation is 3. The first-order valence-electron chi connectivity index (χ1n) is 7.84. The predicted octanol–water partition coefficient (Wildman–Crippen LogP) is 3.62. The third-order valence-corrected chi connectivity index (χ3v) is 4.87. The first-order chi connectivity index (χ1) is 10.8. The number of aromatic nitrogens is 4. The summed E-state index contributed by atoms with van der Waals surface area (Å²) < 4.78 is 1.77. The second kappa shape index (κ2) is 7.25. The minimum Gasteiger partial charge on any atom is -0.293 e. The molecule has 0 saturated carbocycles. The number of nitrogens with zero attached hydrogens (tertiary/aromatic N) is 4. The van der Waals surface area contributed by atoms with Gasteiger partial charge in [-0.2, -0.15) is 0 Å². The van der Waals surface area contributed by atoms with E-state index in [0.717, 1.165) is 23.2 Å². The molecule has 0 fully saturated rings. The monoisotopic (exact) mass is 332 g/mol. The number of thioether (sulfide) groups is 1. The van der Waals surface area contributed by atoms with E-state index in [1.165, 1.54) is 17.3 Å². The topological polar surface area (TPSA) is 60.7 Å². The highest BCUT2D eigenvalue weighted by Gasteiger charge is 2.22. The fraction of sp³-hybridized carbons (Fsp3) is 0.529. The van der Waals surface area contributed by atoms with Crippen molar-refractivity contribution in [1.82, 2.24) is 20.2 Å². The molecule has 23 heavy (non-hydrogen) atoms. The van der Waals surface area contributed by atoms with Crippen LogP contribution in [0.4, 0.5) is 0 Å². The molecule has 0 amide bonds. The third kappa shape index (κ3) is 4.19. The maximum Gasteiger partial charge on any atom is 0.210 e. The molecule has 0 saturated heterocycles. The van der Waals surface area contributed by atoms with Gasteiger partial charge in [0.15, 0.2) is 5.78 Å². The molecule has 1 atom stereocenters. The Kier molecular flexibility index (Phi) is 5.57. The van der Waals surface area contributed by atoms with Crippen molar-refractivity contribution in [1.29, 1.82) is 0 Å². The number of Topliss-reactive ketones (excluding diaryl/α,β-unsaturated/α-hetero) is 1. The van der Waals surface area contributed by atoms with Gasteiger partial charge in [0, 0.05) is 12.1 Å². The number of carbonyl (C=O) groups is 1. The molecule has 6 heteroatoms. The van der Waals surface area contributed by atoms with E-state index < -0.39 is 0 Å². The lowest BCUT2D eigenvalue weighted by Gasteiger charge is -2.14. The summed E-state index contributed by atoms with van der Waals surface area (Å²) in [7, 11) is 0. The molecule has 0 N–H and O–H groups in total. The van der Waals surface area contributed by atoms with Crippen LogP contribution in [-0.4, -0.2) is 31.2 Å². The van der Waals surface area contributed by atoms with Gasteiger partial charge in [0.2, 0.25) is 5.16 Å². The lowest BCUT2D eigenvalue weighted by Crippen LogP contribution is -2.17. The Morgan fingerprint density at radius 2 is 1.78 bits per heavy atom. The highest BCUT2D eigenvalue weighted by molar-refractivity contribution is 8.00. The van der Waals surface area contributed by atoms with Gasteiger partial charge in [-0.05, 0) is 66.8 Å². The average Bonchev–Trinajstić information content (AvgIpc) is 2.88. The Morgan fingerprint density at radius 1 is 1.13 bits per heavy atom. The van der Waals surface area contributed by atoms with E-state index in [0.29, 0.717) is 11.1 Å². The smallest absolute Gasteiger partial charge is 0.210 e. The van der Waals surface area contributed by atoms with Gasteiger partial charge in [-0.15, -0.1) is 5.10 Å². The van der Waals surface area contributed by atoms with Crippen molar-refractivity contribution in [2.24, 2.45) is 5.92 Å². The van der Waals surface area contributed by atoms with Gasteiger partial charge in [0.1, 0.15) is 0 Å². The number of hydrogen-bond donors (Lipinski definition) is 0. The largest absolute Gasteiger partial charge is 0.293 e. The molecule has 0 bridgehead atoms. The van der Waals surface area contributed by atoms with Gasteiger partial charge in [-0.3, -0.25) is 4.79 Å². The third-order valence-electron chi connectivity index (χ3n) is 3.79. The molecule has 0 aliphatic rings. The van der Waals surface area contributed by atoms with E-state index in [1.807, 2.05) is 26.8 Å². The Bertz CT molecular complexity index is 709. The maximum atomic E-state index is 12.8. The molecule has 1 aromatic heterocycles. The van der Waals surface area contributed by atoms with Gasteiger partial charge in [0.05, 0.1) is 5.25 Å². The van der Waals surface area contributed by atoms with E-state index in [2.05, 4.69) is 42.4 Å². The van der Waals surface area contributed by atoms with Crippen LogP contribution in [0.2, 0.25) is 0 Å². The van der Waals surface area contributed by atoms with E-state index in [-0.39, 0.29) is 11.0 Å². The minimum absolute atomic E-state index is 0.120. The van der Waals surface area contributed by atoms with Gasteiger partial charge in [0.25, 0.3) is 0 Å². The number of ketones is 1. The number of hydrogen-bond acceptors (Lipinski definition) is 5. The quantitative estimate of drug-likeness (QED) is 0.597. The molecule has 124 valence electrons. The second-order valence-corrected chi connectivity index (χ2v) is 7.72. The first kappa shape index (κ1) is 17.7.